The number of carbonyl (C=O) groups excluding carboxylic acids is 1. The Bertz CT molecular complexity index is 522. The standard InChI is InChI=1S/C11H9NO2.C2H4O2/c13-9-4-5-11(14)10(8-9)12-6-2-1-3-7-12;1-2(3)4/h1-8H,(H-,13,14);1H3,(H,3,4). The number of pyridine rings is 1. The van der Waals surface area contributed by atoms with E-state index in [4.69, 9.17) is 9.90 Å². The quantitative estimate of drug-likeness (QED) is 0.554. The summed E-state index contributed by atoms with van der Waals surface area (Å²) in [5.74, 6) is -0.812. The Hall–Kier alpha value is -2.56. The summed E-state index contributed by atoms with van der Waals surface area (Å²) < 4.78 is 1.73. The van der Waals surface area contributed by atoms with Crippen LogP contribution in [0.3, 0.4) is 0 Å². The average Bonchev–Trinajstić information content (AvgIpc) is 2.33. The van der Waals surface area contributed by atoms with Gasteiger partial charge in [-0.05, 0) is 19.1 Å². The summed E-state index contributed by atoms with van der Waals surface area (Å²) in [5.41, 5.74) is 0.561. The van der Waals surface area contributed by atoms with E-state index >= 15 is 0 Å². The van der Waals surface area contributed by atoms with Crippen LogP contribution in [0.5, 0.6) is 11.5 Å². The number of aromatic nitrogens is 1. The number of nitrogens with zero attached hydrogens (tertiary/aromatic N) is 1. The fraction of sp³-hybridized carbons (Fsp3) is 0.0769. The van der Waals surface area contributed by atoms with Gasteiger partial charge >= 0.3 is 0 Å². The molecule has 94 valence electrons. The molecule has 0 saturated carbocycles. The number of phenols is 2. The molecular weight excluding hydrogens is 234 g/mol. The summed E-state index contributed by atoms with van der Waals surface area (Å²) in [5, 5.41) is 27.7. The largest absolute Gasteiger partial charge is 0.550 e. The second kappa shape index (κ2) is 6.24. The van der Waals surface area contributed by atoms with Gasteiger partial charge < -0.3 is 20.1 Å². The number of benzene rings is 1. The van der Waals surface area contributed by atoms with Crippen LogP contribution in [-0.4, -0.2) is 16.2 Å². The summed E-state index contributed by atoms with van der Waals surface area (Å²) >= 11 is 0. The lowest BCUT2D eigenvalue weighted by atomic mass is 10.2. The van der Waals surface area contributed by atoms with Crippen LogP contribution in [-0.2, 0) is 4.79 Å². The minimum atomic E-state index is -1.08. The molecule has 0 spiro atoms. The summed E-state index contributed by atoms with van der Waals surface area (Å²) in [7, 11) is 0. The van der Waals surface area contributed by atoms with Crippen molar-refractivity contribution >= 4 is 5.97 Å². The van der Waals surface area contributed by atoms with Gasteiger partial charge in [0.05, 0.1) is 6.07 Å². The van der Waals surface area contributed by atoms with Crippen molar-refractivity contribution in [2.24, 2.45) is 0 Å². The van der Waals surface area contributed by atoms with Crippen molar-refractivity contribution < 1.29 is 24.7 Å². The Morgan fingerprint density at radius 2 is 1.72 bits per heavy atom. The molecule has 0 unspecified atom stereocenters. The normalized spacial score (nSPS) is 9.17. The SMILES string of the molecule is CC(=O)[O-].Oc1ccc(O)c(-[n+]2ccccc2)c1. The highest BCUT2D eigenvalue weighted by Crippen LogP contribution is 2.21. The van der Waals surface area contributed by atoms with Gasteiger partial charge in [-0.1, -0.05) is 6.07 Å². The van der Waals surface area contributed by atoms with E-state index in [0.717, 1.165) is 6.92 Å². The molecule has 0 bridgehead atoms. The molecule has 1 aromatic heterocycles. The number of rotatable bonds is 1. The third kappa shape index (κ3) is 4.13. The van der Waals surface area contributed by atoms with Crippen molar-refractivity contribution in [2.45, 2.75) is 6.92 Å². The Kier molecular flexibility index (Phi) is 4.68. The maximum atomic E-state index is 9.56. The molecular formula is C13H13NO4. The Labute approximate surface area is 104 Å². The fourth-order valence-corrected chi connectivity index (χ4v) is 1.28. The minimum absolute atomic E-state index is 0.133. The molecule has 0 fully saturated rings. The van der Waals surface area contributed by atoms with E-state index < -0.39 is 5.97 Å². The maximum Gasteiger partial charge on any atom is 0.256 e. The van der Waals surface area contributed by atoms with Gasteiger partial charge in [-0.25, -0.2) is 0 Å². The van der Waals surface area contributed by atoms with E-state index in [1.165, 1.54) is 18.2 Å². The zero-order chi connectivity index (χ0) is 13.5. The molecule has 2 rings (SSSR count). The van der Waals surface area contributed by atoms with Gasteiger partial charge in [0, 0.05) is 18.1 Å². The number of phenolic OH excluding ortho intramolecular Hbond substituents is 2. The molecule has 1 heterocycles. The van der Waals surface area contributed by atoms with E-state index in [0.29, 0.717) is 5.69 Å². The smallest absolute Gasteiger partial charge is 0.256 e. The van der Waals surface area contributed by atoms with Crippen molar-refractivity contribution in [2.75, 3.05) is 0 Å². The first-order valence-electron chi connectivity index (χ1n) is 5.17. The van der Waals surface area contributed by atoms with Gasteiger partial charge in [0.1, 0.15) is 5.75 Å². The number of aliphatic carboxylic acids is 1. The predicted octanol–water partition coefficient (Wildman–Crippen LogP) is 0.131. The van der Waals surface area contributed by atoms with E-state index in [1.54, 1.807) is 17.0 Å². The summed E-state index contributed by atoms with van der Waals surface area (Å²) in [6.07, 6.45) is 3.60. The zero-order valence-electron chi connectivity index (χ0n) is 9.78. The van der Waals surface area contributed by atoms with Crippen molar-refractivity contribution in [1.29, 1.82) is 0 Å². The van der Waals surface area contributed by atoms with Gasteiger partial charge in [-0.15, -0.1) is 0 Å². The van der Waals surface area contributed by atoms with Crippen molar-refractivity contribution in [1.82, 2.24) is 0 Å². The third-order valence-corrected chi connectivity index (χ3v) is 1.95. The highest BCUT2D eigenvalue weighted by atomic mass is 16.4. The van der Waals surface area contributed by atoms with Gasteiger partial charge in [0.2, 0.25) is 0 Å². The van der Waals surface area contributed by atoms with Gasteiger partial charge in [0.25, 0.3) is 5.69 Å². The first kappa shape index (κ1) is 13.5. The molecule has 1 aromatic carbocycles. The molecule has 5 heteroatoms. The molecule has 0 amide bonds. The lowest BCUT2D eigenvalue weighted by molar-refractivity contribution is -0.596. The molecule has 0 saturated heterocycles. The maximum absolute atomic E-state index is 9.56. The zero-order valence-corrected chi connectivity index (χ0v) is 9.78. The Balaban J connectivity index is 0.000000357. The molecule has 5 nitrogen and oxygen atoms in total. The molecule has 0 radical (unpaired) electrons. The van der Waals surface area contributed by atoms with E-state index in [1.807, 2.05) is 18.2 Å². The Morgan fingerprint density at radius 1 is 1.17 bits per heavy atom. The van der Waals surface area contributed by atoms with Crippen LogP contribution in [0.15, 0.2) is 48.8 Å². The lowest BCUT2D eigenvalue weighted by Crippen LogP contribution is -2.28. The summed E-state index contributed by atoms with van der Waals surface area (Å²) in [6, 6.07) is 10.0. The number of carbonyl (C=O) groups is 1. The highest BCUT2D eigenvalue weighted by Gasteiger charge is 2.11. The molecule has 0 aliphatic rings. The molecule has 2 aromatic rings. The summed E-state index contributed by atoms with van der Waals surface area (Å²) in [4.78, 5) is 8.89. The first-order valence-corrected chi connectivity index (χ1v) is 5.17. The van der Waals surface area contributed by atoms with Crippen LogP contribution in [0.4, 0.5) is 0 Å². The molecule has 0 aliphatic carbocycles. The molecule has 18 heavy (non-hydrogen) atoms. The van der Waals surface area contributed by atoms with Crippen molar-refractivity contribution in [3.63, 3.8) is 0 Å². The number of hydrogen-bond donors (Lipinski definition) is 2. The van der Waals surface area contributed by atoms with Crippen LogP contribution in [0.2, 0.25) is 0 Å². The van der Waals surface area contributed by atoms with E-state index in [2.05, 4.69) is 0 Å². The Morgan fingerprint density at radius 3 is 2.28 bits per heavy atom. The number of hydrogen-bond acceptors (Lipinski definition) is 4. The molecule has 2 N–H and O–H groups in total. The monoisotopic (exact) mass is 247 g/mol. The van der Waals surface area contributed by atoms with Crippen LogP contribution < -0.4 is 9.67 Å². The average molecular weight is 247 g/mol. The fourth-order valence-electron chi connectivity index (χ4n) is 1.28. The molecule has 0 atom stereocenters. The first-order chi connectivity index (χ1) is 8.50. The van der Waals surface area contributed by atoms with Gasteiger partial charge in [-0.2, -0.15) is 4.57 Å². The predicted molar refractivity (Wildman–Crippen MR) is 62.0 cm³/mol. The number of carboxylic acid groups (broad SMARTS) is 1. The van der Waals surface area contributed by atoms with E-state index in [-0.39, 0.29) is 11.5 Å². The lowest BCUT2D eigenvalue weighted by Gasteiger charge is -1.98. The van der Waals surface area contributed by atoms with E-state index in [9.17, 15) is 10.2 Å². The number of aromatic hydroxyl groups is 2. The highest BCUT2D eigenvalue weighted by molar-refractivity contribution is 5.60. The summed E-state index contributed by atoms with van der Waals surface area (Å²) in [6.45, 7) is 0.972. The van der Waals surface area contributed by atoms with Crippen LogP contribution in [0.25, 0.3) is 5.69 Å². The topological polar surface area (TPSA) is 84.5 Å². The molecule has 0 aliphatic heterocycles. The number of carboxylic acids is 1. The van der Waals surface area contributed by atoms with Crippen LogP contribution >= 0.6 is 0 Å². The van der Waals surface area contributed by atoms with Gasteiger partial charge in [0.15, 0.2) is 18.1 Å². The second-order valence-corrected chi connectivity index (χ2v) is 3.45. The van der Waals surface area contributed by atoms with Crippen molar-refractivity contribution in [3.8, 4) is 17.2 Å². The second-order valence-electron chi connectivity index (χ2n) is 3.45. The third-order valence-electron chi connectivity index (χ3n) is 1.95. The van der Waals surface area contributed by atoms with Gasteiger partial charge in [-0.3, -0.25) is 0 Å². The van der Waals surface area contributed by atoms with Crippen molar-refractivity contribution in [3.05, 3.63) is 48.8 Å². The minimum Gasteiger partial charge on any atom is -0.550 e. The van der Waals surface area contributed by atoms with Crippen LogP contribution in [0.1, 0.15) is 6.92 Å². The van der Waals surface area contributed by atoms with Crippen LogP contribution in [0, 0.1) is 0 Å².